The van der Waals surface area contributed by atoms with Gasteiger partial charge in [0.05, 0.1) is 22.8 Å². The topological polar surface area (TPSA) is 58.7 Å². The molecule has 9 heteroatoms. The normalized spacial score (nSPS) is 13.6. The first-order chi connectivity index (χ1) is 10.8. The van der Waals surface area contributed by atoms with Gasteiger partial charge in [-0.2, -0.15) is 0 Å². The average molecular weight is 348 g/mol. The van der Waals surface area contributed by atoms with Crippen molar-refractivity contribution in [2.24, 2.45) is 10.3 Å². The highest BCUT2D eigenvalue weighted by Gasteiger charge is 2.20. The van der Waals surface area contributed by atoms with Crippen LogP contribution in [0.2, 0.25) is 0 Å². The van der Waals surface area contributed by atoms with Crippen molar-refractivity contribution < 1.29 is 0 Å². The van der Waals surface area contributed by atoms with Gasteiger partial charge < -0.3 is 0 Å². The smallest absolute Gasteiger partial charge is 0.188 e. The number of imidazole rings is 1. The fourth-order valence-electron chi connectivity index (χ4n) is 2.18. The Bertz CT molecular complexity index is 804. The van der Waals surface area contributed by atoms with Crippen LogP contribution >= 0.6 is 34.4 Å². The highest BCUT2D eigenvalue weighted by atomic mass is 32.2. The summed E-state index contributed by atoms with van der Waals surface area (Å²) in [6, 6.07) is 4.11. The molecule has 0 radical (unpaired) electrons. The molecule has 0 unspecified atom stereocenters. The molecule has 3 aromatic rings. The summed E-state index contributed by atoms with van der Waals surface area (Å²) in [6.45, 7) is 0.676. The molecule has 4 heterocycles. The van der Waals surface area contributed by atoms with Gasteiger partial charge in [-0.25, -0.2) is 15.0 Å². The van der Waals surface area contributed by atoms with Gasteiger partial charge in [0.1, 0.15) is 17.4 Å². The molecule has 0 spiro atoms. The van der Waals surface area contributed by atoms with Gasteiger partial charge in [-0.15, -0.1) is 39.5 Å². The first kappa shape index (κ1) is 13.9. The van der Waals surface area contributed by atoms with Crippen molar-refractivity contribution in [1.82, 2.24) is 19.5 Å². The van der Waals surface area contributed by atoms with Crippen molar-refractivity contribution >= 4 is 40.3 Å². The molecule has 0 saturated carbocycles. The number of hydrogen-bond donors (Lipinski definition) is 0. The largest absolute Gasteiger partial charge is 0.293 e. The highest BCUT2D eigenvalue weighted by Crippen LogP contribution is 2.36. The summed E-state index contributed by atoms with van der Waals surface area (Å²) in [5.41, 5.74) is 1.80. The average Bonchev–Trinajstić information content (AvgIpc) is 3.26. The van der Waals surface area contributed by atoms with Gasteiger partial charge >= 0.3 is 0 Å². The van der Waals surface area contributed by atoms with E-state index >= 15 is 0 Å². The zero-order valence-corrected chi connectivity index (χ0v) is 14.2. The van der Waals surface area contributed by atoms with Crippen LogP contribution in [0.5, 0.6) is 0 Å². The molecule has 0 saturated heterocycles. The second-order valence-corrected chi connectivity index (χ2v) is 7.30. The predicted octanol–water partition coefficient (Wildman–Crippen LogP) is 4.33. The number of thiazole rings is 1. The Morgan fingerprint density at radius 1 is 1.36 bits per heavy atom. The van der Waals surface area contributed by atoms with E-state index in [0.717, 1.165) is 28.1 Å². The third-order valence-corrected chi connectivity index (χ3v) is 5.45. The summed E-state index contributed by atoms with van der Waals surface area (Å²) in [6.07, 6.45) is 3.86. The third-order valence-electron chi connectivity index (χ3n) is 3.15. The Labute approximate surface area is 139 Å². The van der Waals surface area contributed by atoms with Crippen molar-refractivity contribution in [3.8, 4) is 21.3 Å². The van der Waals surface area contributed by atoms with Gasteiger partial charge in [-0.3, -0.25) is 4.57 Å². The first-order valence-corrected chi connectivity index (χ1v) is 9.71. The molecule has 0 atom stereocenters. The van der Waals surface area contributed by atoms with Crippen molar-refractivity contribution in [2.45, 2.75) is 6.67 Å². The summed E-state index contributed by atoms with van der Waals surface area (Å²) in [5, 5.41) is 15.4. The summed E-state index contributed by atoms with van der Waals surface area (Å²) in [7, 11) is 0. The summed E-state index contributed by atoms with van der Waals surface area (Å²) >= 11 is 5.00. The minimum absolute atomic E-state index is 0.676. The Hall–Kier alpha value is -1.71. The van der Waals surface area contributed by atoms with Gasteiger partial charge in [-0.05, 0) is 17.7 Å². The van der Waals surface area contributed by atoms with E-state index in [9.17, 15) is 0 Å². The van der Waals surface area contributed by atoms with E-state index < -0.39 is 0 Å². The molecule has 6 nitrogen and oxygen atoms in total. The standard InChI is InChI=1S/C13H12N6S3/c1-20-8-19-7-18-6-14-11(12(18)16-17-19)13-15-9(5-22-13)10-3-2-4-21-10/h2-6H,7-8H2,1H3. The third kappa shape index (κ3) is 2.44. The molecule has 3 aromatic heterocycles. The molecule has 112 valence electrons. The van der Waals surface area contributed by atoms with Crippen LogP contribution in [0.4, 0.5) is 5.82 Å². The van der Waals surface area contributed by atoms with Crippen LogP contribution in [0.25, 0.3) is 21.3 Å². The van der Waals surface area contributed by atoms with Crippen LogP contribution in [0.15, 0.2) is 39.6 Å². The van der Waals surface area contributed by atoms with E-state index in [-0.39, 0.29) is 0 Å². The van der Waals surface area contributed by atoms with Crippen LogP contribution in [0.3, 0.4) is 0 Å². The van der Waals surface area contributed by atoms with Crippen LogP contribution in [-0.4, -0.2) is 31.7 Å². The number of thioether (sulfide) groups is 1. The number of aromatic nitrogens is 3. The zero-order chi connectivity index (χ0) is 14.9. The molecule has 0 aromatic carbocycles. The number of thiophene rings is 1. The second-order valence-electron chi connectivity index (χ2n) is 4.66. The Balaban J connectivity index is 1.65. The molecule has 0 aliphatic carbocycles. The predicted molar refractivity (Wildman–Crippen MR) is 91.4 cm³/mol. The highest BCUT2D eigenvalue weighted by molar-refractivity contribution is 7.98. The fraction of sp³-hybridized carbons (Fsp3) is 0.231. The lowest BCUT2D eigenvalue weighted by molar-refractivity contribution is 0.237. The van der Waals surface area contributed by atoms with Gasteiger partial charge in [0.15, 0.2) is 5.82 Å². The van der Waals surface area contributed by atoms with Crippen LogP contribution < -0.4 is 0 Å². The van der Waals surface area contributed by atoms with Crippen LogP contribution in [0.1, 0.15) is 0 Å². The quantitative estimate of drug-likeness (QED) is 0.704. The van der Waals surface area contributed by atoms with Crippen molar-refractivity contribution in [3.63, 3.8) is 0 Å². The van der Waals surface area contributed by atoms with Gasteiger partial charge in [-0.1, -0.05) is 11.3 Å². The van der Waals surface area contributed by atoms with E-state index in [1.165, 1.54) is 4.88 Å². The second kappa shape index (κ2) is 5.82. The lowest BCUT2D eigenvalue weighted by Crippen LogP contribution is -2.22. The summed E-state index contributed by atoms with van der Waals surface area (Å²) < 4.78 is 2.00. The molecule has 4 rings (SSSR count). The van der Waals surface area contributed by atoms with Gasteiger partial charge in [0.25, 0.3) is 0 Å². The van der Waals surface area contributed by atoms with E-state index in [1.807, 2.05) is 28.2 Å². The number of nitrogens with zero attached hydrogens (tertiary/aromatic N) is 6. The molecule has 0 N–H and O–H groups in total. The number of fused-ring (bicyclic) bond motifs is 1. The first-order valence-electron chi connectivity index (χ1n) is 6.55. The van der Waals surface area contributed by atoms with Gasteiger partial charge in [0.2, 0.25) is 0 Å². The molecule has 1 aliphatic heterocycles. The fourth-order valence-corrected chi connectivity index (χ4v) is 4.18. The Kier molecular flexibility index (Phi) is 3.68. The Morgan fingerprint density at radius 2 is 2.32 bits per heavy atom. The minimum atomic E-state index is 0.676. The number of rotatable bonds is 4. The summed E-state index contributed by atoms with van der Waals surface area (Å²) in [4.78, 5) is 10.3. The van der Waals surface area contributed by atoms with Crippen LogP contribution in [-0.2, 0) is 6.67 Å². The molecule has 0 amide bonds. The molecule has 1 aliphatic rings. The monoisotopic (exact) mass is 348 g/mol. The minimum Gasteiger partial charge on any atom is -0.293 e. The molecule has 0 fully saturated rings. The van der Waals surface area contributed by atoms with E-state index in [4.69, 9.17) is 4.98 Å². The maximum absolute atomic E-state index is 4.69. The Morgan fingerprint density at radius 3 is 3.14 bits per heavy atom. The van der Waals surface area contributed by atoms with Crippen molar-refractivity contribution in [3.05, 3.63) is 29.2 Å². The van der Waals surface area contributed by atoms with E-state index in [1.54, 1.807) is 34.4 Å². The SMILES string of the molecule is CSCN1Cn2cnc(-c3nc(-c4cccs4)cs3)c2N=N1. The molecular weight excluding hydrogens is 336 g/mol. The molecular formula is C13H12N6S3. The van der Waals surface area contributed by atoms with Crippen molar-refractivity contribution in [2.75, 3.05) is 12.1 Å². The number of hydrogen-bond acceptors (Lipinski definition) is 8. The van der Waals surface area contributed by atoms with Crippen molar-refractivity contribution in [1.29, 1.82) is 0 Å². The van der Waals surface area contributed by atoms with E-state index in [2.05, 4.69) is 32.1 Å². The summed E-state index contributed by atoms with van der Waals surface area (Å²) in [5.74, 6) is 1.60. The maximum atomic E-state index is 4.69. The lowest BCUT2D eigenvalue weighted by Gasteiger charge is -2.20. The van der Waals surface area contributed by atoms with Gasteiger partial charge in [0, 0.05) is 5.38 Å². The maximum Gasteiger partial charge on any atom is 0.188 e. The molecule has 0 bridgehead atoms. The van der Waals surface area contributed by atoms with E-state index in [0.29, 0.717) is 6.67 Å². The zero-order valence-electron chi connectivity index (χ0n) is 11.7. The van der Waals surface area contributed by atoms with Crippen LogP contribution in [0, 0.1) is 0 Å². The molecule has 22 heavy (non-hydrogen) atoms. The lowest BCUT2D eigenvalue weighted by atomic mass is 10.4.